The highest BCUT2D eigenvalue weighted by Gasteiger charge is 2.21. The first-order chi connectivity index (χ1) is 8.49. The lowest BCUT2D eigenvalue weighted by Crippen LogP contribution is -2.27. The van der Waals surface area contributed by atoms with Crippen molar-refractivity contribution in [1.29, 1.82) is 0 Å². The summed E-state index contributed by atoms with van der Waals surface area (Å²) >= 11 is 5.75. The minimum atomic E-state index is -3.66. The van der Waals surface area contributed by atoms with Gasteiger partial charge in [0.05, 0.1) is 11.2 Å². The maximum atomic E-state index is 11.9. The summed E-state index contributed by atoms with van der Waals surface area (Å²) in [5.74, 6) is 0. The van der Waals surface area contributed by atoms with Gasteiger partial charge in [-0.3, -0.25) is 4.68 Å². The smallest absolute Gasteiger partial charge is 0.255 e. The largest absolute Gasteiger partial charge is 0.259 e. The predicted octanol–water partition coefficient (Wildman–Crippen LogP) is 1.44. The molecule has 8 nitrogen and oxygen atoms in total. The standard InChI is InChI=1S/C8H13ClN6O2S/c1-15-8(7(9)6-12-15)18(16,17)13-5-3-2-4-11-14-10/h6,13H,2-5H2,1H3. The zero-order chi connectivity index (χ0) is 13.6. The van der Waals surface area contributed by atoms with Crippen LogP contribution in [0.25, 0.3) is 10.4 Å². The highest BCUT2D eigenvalue weighted by atomic mass is 35.5. The minimum Gasteiger partial charge on any atom is -0.255 e. The maximum Gasteiger partial charge on any atom is 0.259 e. The van der Waals surface area contributed by atoms with Gasteiger partial charge in [-0.05, 0) is 18.4 Å². The molecule has 1 aromatic heterocycles. The molecule has 0 radical (unpaired) electrons. The Bertz CT molecular complexity index is 528. The fourth-order valence-corrected chi connectivity index (χ4v) is 3.05. The Balaban J connectivity index is 2.53. The average molecular weight is 293 g/mol. The second kappa shape index (κ2) is 6.60. The van der Waals surface area contributed by atoms with Gasteiger partial charge in [0.2, 0.25) is 0 Å². The van der Waals surface area contributed by atoms with E-state index in [9.17, 15) is 8.42 Å². The predicted molar refractivity (Wildman–Crippen MR) is 66.7 cm³/mol. The molecule has 0 aromatic carbocycles. The summed E-state index contributed by atoms with van der Waals surface area (Å²) in [5.41, 5.74) is 8.06. The van der Waals surface area contributed by atoms with E-state index >= 15 is 0 Å². The van der Waals surface area contributed by atoms with Crippen LogP contribution >= 0.6 is 11.6 Å². The molecule has 1 aromatic rings. The second-order valence-electron chi connectivity index (χ2n) is 3.48. The molecule has 10 heteroatoms. The van der Waals surface area contributed by atoms with Gasteiger partial charge in [-0.1, -0.05) is 16.7 Å². The Hall–Kier alpha value is -1.28. The summed E-state index contributed by atoms with van der Waals surface area (Å²) in [6.45, 7) is 0.607. The first-order valence-electron chi connectivity index (χ1n) is 5.17. The zero-order valence-corrected chi connectivity index (χ0v) is 11.3. The summed E-state index contributed by atoms with van der Waals surface area (Å²) in [6, 6.07) is 0. The van der Waals surface area contributed by atoms with E-state index in [0.717, 1.165) is 0 Å². The van der Waals surface area contributed by atoms with Gasteiger partial charge < -0.3 is 0 Å². The van der Waals surface area contributed by atoms with E-state index in [1.165, 1.54) is 17.9 Å². The molecule has 0 aliphatic rings. The molecule has 18 heavy (non-hydrogen) atoms. The van der Waals surface area contributed by atoms with E-state index in [2.05, 4.69) is 19.8 Å². The Morgan fingerprint density at radius 2 is 2.33 bits per heavy atom. The lowest BCUT2D eigenvalue weighted by molar-refractivity contribution is 0.559. The first-order valence-corrected chi connectivity index (χ1v) is 7.03. The number of unbranched alkanes of at least 4 members (excludes halogenated alkanes) is 1. The molecule has 1 rings (SSSR count). The number of aromatic nitrogens is 2. The molecule has 100 valence electrons. The van der Waals surface area contributed by atoms with Crippen molar-refractivity contribution >= 4 is 21.6 Å². The minimum absolute atomic E-state index is 0.0563. The molecule has 0 saturated carbocycles. The number of aryl methyl sites for hydroxylation is 1. The fourth-order valence-electron chi connectivity index (χ4n) is 1.33. The van der Waals surface area contributed by atoms with Gasteiger partial charge in [0.25, 0.3) is 10.0 Å². The molecule has 0 aliphatic carbocycles. The highest BCUT2D eigenvalue weighted by molar-refractivity contribution is 7.89. The normalized spacial score (nSPS) is 11.2. The van der Waals surface area contributed by atoms with Crippen molar-refractivity contribution in [1.82, 2.24) is 14.5 Å². The first kappa shape index (κ1) is 14.8. The number of hydrogen-bond acceptors (Lipinski definition) is 4. The quantitative estimate of drug-likeness (QED) is 0.355. The van der Waals surface area contributed by atoms with Crippen LogP contribution in [0.1, 0.15) is 12.8 Å². The third kappa shape index (κ3) is 3.88. The van der Waals surface area contributed by atoms with Crippen LogP contribution in [0.3, 0.4) is 0 Å². The van der Waals surface area contributed by atoms with Gasteiger partial charge in [-0.25, -0.2) is 13.1 Å². The van der Waals surface area contributed by atoms with Crippen molar-refractivity contribution in [2.75, 3.05) is 13.1 Å². The highest BCUT2D eigenvalue weighted by Crippen LogP contribution is 2.19. The van der Waals surface area contributed by atoms with Crippen molar-refractivity contribution in [3.05, 3.63) is 21.7 Å². The molecule has 0 amide bonds. The molecule has 1 heterocycles. The number of hydrogen-bond donors (Lipinski definition) is 1. The van der Waals surface area contributed by atoms with Crippen molar-refractivity contribution < 1.29 is 8.42 Å². The van der Waals surface area contributed by atoms with E-state index in [0.29, 0.717) is 19.4 Å². The summed E-state index contributed by atoms with van der Waals surface area (Å²) < 4.78 is 27.4. The molecule has 0 bridgehead atoms. The van der Waals surface area contributed by atoms with Crippen LogP contribution in [0.2, 0.25) is 5.02 Å². The van der Waals surface area contributed by atoms with Crippen LogP contribution in [-0.4, -0.2) is 31.3 Å². The van der Waals surface area contributed by atoms with Crippen molar-refractivity contribution in [3.8, 4) is 0 Å². The van der Waals surface area contributed by atoms with Crippen LogP contribution in [0, 0.1) is 0 Å². The average Bonchev–Trinajstić information content (AvgIpc) is 2.64. The Labute approximate surface area is 110 Å². The fraction of sp³-hybridized carbons (Fsp3) is 0.625. The number of nitrogens with zero attached hydrogens (tertiary/aromatic N) is 5. The lowest BCUT2D eigenvalue weighted by atomic mass is 10.3. The molecule has 1 N–H and O–H groups in total. The number of nitrogens with one attached hydrogen (secondary N) is 1. The molecule has 0 unspecified atom stereocenters. The zero-order valence-electron chi connectivity index (χ0n) is 9.74. The Morgan fingerprint density at radius 1 is 1.61 bits per heavy atom. The van der Waals surface area contributed by atoms with Gasteiger partial charge in [-0.15, -0.1) is 0 Å². The SMILES string of the molecule is Cn1ncc(Cl)c1S(=O)(=O)NCCCCN=[N+]=[N-]. The number of rotatable bonds is 7. The topological polar surface area (TPSA) is 113 Å². The van der Waals surface area contributed by atoms with E-state index in [-0.39, 0.29) is 16.6 Å². The van der Waals surface area contributed by atoms with Gasteiger partial charge in [-0.2, -0.15) is 5.10 Å². The van der Waals surface area contributed by atoms with Crippen molar-refractivity contribution in [2.24, 2.45) is 12.2 Å². The van der Waals surface area contributed by atoms with Crippen molar-refractivity contribution in [3.63, 3.8) is 0 Å². The molecule has 0 atom stereocenters. The summed E-state index contributed by atoms with van der Waals surface area (Å²) in [7, 11) is -2.15. The number of azide groups is 1. The maximum absolute atomic E-state index is 11.9. The van der Waals surface area contributed by atoms with Gasteiger partial charge >= 0.3 is 0 Å². The van der Waals surface area contributed by atoms with E-state index < -0.39 is 10.0 Å². The molecule has 0 spiro atoms. The summed E-state index contributed by atoms with van der Waals surface area (Å²) in [5, 5.41) is 7.14. The van der Waals surface area contributed by atoms with E-state index in [4.69, 9.17) is 17.1 Å². The Kier molecular flexibility index (Phi) is 5.42. The van der Waals surface area contributed by atoms with Gasteiger partial charge in [0.1, 0.15) is 0 Å². The van der Waals surface area contributed by atoms with Crippen LogP contribution in [-0.2, 0) is 17.1 Å². The number of halogens is 1. The van der Waals surface area contributed by atoms with Gasteiger partial charge in [0, 0.05) is 25.0 Å². The van der Waals surface area contributed by atoms with Crippen LogP contribution in [0.5, 0.6) is 0 Å². The molecule has 0 saturated heterocycles. The summed E-state index contributed by atoms with van der Waals surface area (Å²) in [6.07, 6.45) is 2.47. The summed E-state index contributed by atoms with van der Waals surface area (Å²) in [4.78, 5) is 2.60. The van der Waals surface area contributed by atoms with E-state index in [1.54, 1.807) is 0 Å². The van der Waals surface area contributed by atoms with Crippen LogP contribution in [0.15, 0.2) is 16.3 Å². The lowest BCUT2D eigenvalue weighted by Gasteiger charge is -2.06. The molecular formula is C8H13ClN6O2S. The van der Waals surface area contributed by atoms with Crippen LogP contribution < -0.4 is 4.72 Å². The second-order valence-corrected chi connectivity index (χ2v) is 5.57. The van der Waals surface area contributed by atoms with Gasteiger partial charge in [0.15, 0.2) is 5.03 Å². The third-order valence-electron chi connectivity index (χ3n) is 2.14. The molecular weight excluding hydrogens is 280 g/mol. The monoisotopic (exact) mass is 292 g/mol. The number of sulfonamides is 1. The molecule has 0 fully saturated rings. The Morgan fingerprint density at radius 3 is 2.89 bits per heavy atom. The van der Waals surface area contributed by atoms with E-state index in [1.807, 2.05) is 0 Å². The van der Waals surface area contributed by atoms with Crippen LogP contribution in [0.4, 0.5) is 0 Å². The molecule has 0 aliphatic heterocycles. The van der Waals surface area contributed by atoms with Crippen molar-refractivity contribution in [2.45, 2.75) is 17.9 Å². The third-order valence-corrected chi connectivity index (χ3v) is 4.10.